The molecule has 1 rings (SSSR count). The molecule has 0 saturated carbocycles. The Morgan fingerprint density at radius 2 is 2.38 bits per heavy atom. The summed E-state index contributed by atoms with van der Waals surface area (Å²) < 4.78 is 1.52. The van der Waals surface area contributed by atoms with Crippen LogP contribution in [0.3, 0.4) is 0 Å². The smallest absolute Gasteiger partial charge is 0.265 e. The molecule has 0 aliphatic heterocycles. The van der Waals surface area contributed by atoms with Gasteiger partial charge in [-0.3, -0.25) is 19.1 Å². The molecule has 16 heavy (non-hydrogen) atoms. The molecule has 1 aromatic rings. The summed E-state index contributed by atoms with van der Waals surface area (Å²) in [6, 6.07) is -0.901. The molecular formula is C8H13N5O3. The van der Waals surface area contributed by atoms with Gasteiger partial charge in [-0.25, -0.2) is 5.48 Å². The van der Waals surface area contributed by atoms with Crippen LogP contribution in [0.5, 0.6) is 0 Å². The fourth-order valence-electron chi connectivity index (χ4n) is 0.994. The minimum Gasteiger partial charge on any atom is -0.368 e. The van der Waals surface area contributed by atoms with Gasteiger partial charge >= 0.3 is 0 Å². The third-order valence-electron chi connectivity index (χ3n) is 1.75. The Morgan fingerprint density at radius 1 is 1.69 bits per heavy atom. The van der Waals surface area contributed by atoms with Crippen molar-refractivity contribution in [2.75, 3.05) is 6.61 Å². The first kappa shape index (κ1) is 12.1. The normalized spacial score (nSPS) is 12.1. The number of hydroxylamine groups is 1. The van der Waals surface area contributed by atoms with Crippen molar-refractivity contribution >= 4 is 11.8 Å². The van der Waals surface area contributed by atoms with Crippen LogP contribution in [-0.2, 0) is 21.5 Å². The zero-order chi connectivity index (χ0) is 12.1. The van der Waals surface area contributed by atoms with Crippen molar-refractivity contribution in [1.82, 2.24) is 15.3 Å². The van der Waals surface area contributed by atoms with Gasteiger partial charge in [-0.05, 0) is 0 Å². The molecule has 2 amide bonds. The van der Waals surface area contributed by atoms with Crippen molar-refractivity contribution in [1.29, 1.82) is 0 Å². The Hall–Kier alpha value is -1.93. The van der Waals surface area contributed by atoms with Gasteiger partial charge in [0.2, 0.25) is 5.91 Å². The maximum absolute atomic E-state index is 11.4. The van der Waals surface area contributed by atoms with E-state index in [0.29, 0.717) is 5.56 Å². The SMILES string of the molecule is Cn1cc(C(N)C(=O)NOCC(N)=O)cn1. The summed E-state index contributed by atoms with van der Waals surface area (Å²) in [6.45, 7) is -0.397. The molecule has 0 aliphatic carbocycles. The Bertz CT molecular complexity index is 389. The highest BCUT2D eigenvalue weighted by atomic mass is 16.7. The van der Waals surface area contributed by atoms with E-state index in [-0.39, 0.29) is 0 Å². The molecule has 5 N–H and O–H groups in total. The molecule has 1 aromatic heterocycles. The Morgan fingerprint density at radius 3 is 2.88 bits per heavy atom. The molecule has 0 fully saturated rings. The quantitative estimate of drug-likeness (QED) is 0.499. The van der Waals surface area contributed by atoms with E-state index in [9.17, 15) is 9.59 Å². The number of hydrogen-bond donors (Lipinski definition) is 3. The van der Waals surface area contributed by atoms with Crippen LogP contribution in [0.1, 0.15) is 11.6 Å². The van der Waals surface area contributed by atoms with E-state index in [4.69, 9.17) is 11.5 Å². The van der Waals surface area contributed by atoms with E-state index < -0.39 is 24.5 Å². The van der Waals surface area contributed by atoms with Crippen LogP contribution in [0.15, 0.2) is 12.4 Å². The van der Waals surface area contributed by atoms with E-state index >= 15 is 0 Å². The van der Waals surface area contributed by atoms with Gasteiger partial charge in [0, 0.05) is 18.8 Å². The molecule has 0 aromatic carbocycles. The molecule has 0 saturated heterocycles. The van der Waals surface area contributed by atoms with Crippen molar-refractivity contribution < 1.29 is 14.4 Å². The third kappa shape index (κ3) is 3.33. The lowest BCUT2D eigenvalue weighted by molar-refractivity contribution is -0.139. The number of carbonyl (C=O) groups excluding carboxylic acids is 2. The number of nitrogens with one attached hydrogen (secondary N) is 1. The molecular weight excluding hydrogens is 214 g/mol. The Kier molecular flexibility index (Phi) is 3.97. The van der Waals surface area contributed by atoms with E-state index in [1.807, 2.05) is 5.48 Å². The van der Waals surface area contributed by atoms with E-state index in [1.165, 1.54) is 10.9 Å². The number of primary amides is 1. The second kappa shape index (κ2) is 5.24. The van der Waals surface area contributed by atoms with Gasteiger partial charge in [-0.2, -0.15) is 5.10 Å². The van der Waals surface area contributed by atoms with Gasteiger partial charge < -0.3 is 11.5 Å². The number of nitrogens with two attached hydrogens (primary N) is 2. The number of amides is 2. The Balaban J connectivity index is 2.45. The molecule has 1 unspecified atom stereocenters. The van der Waals surface area contributed by atoms with Crippen molar-refractivity contribution in [2.45, 2.75) is 6.04 Å². The van der Waals surface area contributed by atoms with Crippen LogP contribution >= 0.6 is 0 Å². The van der Waals surface area contributed by atoms with Crippen LogP contribution in [0.4, 0.5) is 0 Å². The van der Waals surface area contributed by atoms with Crippen LogP contribution in [0, 0.1) is 0 Å². The van der Waals surface area contributed by atoms with Gasteiger partial charge in [0.25, 0.3) is 5.91 Å². The lowest BCUT2D eigenvalue weighted by Crippen LogP contribution is -2.36. The highest BCUT2D eigenvalue weighted by molar-refractivity contribution is 5.82. The number of nitrogens with zero attached hydrogens (tertiary/aromatic N) is 2. The molecule has 0 bridgehead atoms. The summed E-state index contributed by atoms with van der Waals surface area (Å²) in [5, 5.41) is 3.87. The molecule has 0 radical (unpaired) electrons. The number of aryl methyl sites for hydroxylation is 1. The van der Waals surface area contributed by atoms with Crippen molar-refractivity contribution in [3.8, 4) is 0 Å². The minimum absolute atomic E-state index is 0.397. The van der Waals surface area contributed by atoms with Gasteiger partial charge in [-0.1, -0.05) is 0 Å². The fourth-order valence-corrected chi connectivity index (χ4v) is 0.994. The second-order valence-electron chi connectivity index (χ2n) is 3.15. The van der Waals surface area contributed by atoms with Crippen molar-refractivity contribution in [3.05, 3.63) is 18.0 Å². The molecule has 1 heterocycles. The summed E-state index contributed by atoms with van der Waals surface area (Å²) >= 11 is 0. The molecule has 88 valence electrons. The summed E-state index contributed by atoms with van der Waals surface area (Å²) in [7, 11) is 1.71. The van der Waals surface area contributed by atoms with Crippen molar-refractivity contribution in [3.63, 3.8) is 0 Å². The largest absolute Gasteiger partial charge is 0.368 e. The van der Waals surface area contributed by atoms with Crippen molar-refractivity contribution in [2.24, 2.45) is 18.5 Å². The van der Waals surface area contributed by atoms with Crippen LogP contribution in [-0.4, -0.2) is 28.2 Å². The Labute approximate surface area is 91.5 Å². The van der Waals surface area contributed by atoms with E-state index in [1.54, 1.807) is 13.2 Å². The first-order valence-corrected chi connectivity index (χ1v) is 4.44. The number of hydrogen-bond acceptors (Lipinski definition) is 5. The molecule has 0 aliphatic rings. The average Bonchev–Trinajstić information content (AvgIpc) is 2.63. The zero-order valence-corrected chi connectivity index (χ0v) is 8.71. The maximum Gasteiger partial charge on any atom is 0.265 e. The summed E-state index contributed by atoms with van der Waals surface area (Å²) in [5.74, 6) is -1.26. The maximum atomic E-state index is 11.4. The molecule has 8 heteroatoms. The summed E-state index contributed by atoms with van der Waals surface area (Å²) in [4.78, 5) is 26.2. The zero-order valence-electron chi connectivity index (χ0n) is 8.71. The summed E-state index contributed by atoms with van der Waals surface area (Å²) in [6.07, 6.45) is 3.08. The predicted molar refractivity (Wildman–Crippen MR) is 53.4 cm³/mol. The van der Waals surface area contributed by atoms with Gasteiger partial charge in [-0.15, -0.1) is 0 Å². The predicted octanol–water partition coefficient (Wildman–Crippen LogP) is -2.05. The second-order valence-corrected chi connectivity index (χ2v) is 3.15. The van der Waals surface area contributed by atoms with Gasteiger partial charge in [0.05, 0.1) is 6.20 Å². The van der Waals surface area contributed by atoms with Gasteiger partial charge in [0.15, 0.2) is 6.61 Å². The summed E-state index contributed by atoms with van der Waals surface area (Å²) in [5.41, 5.74) is 13.0. The van der Waals surface area contributed by atoms with Crippen LogP contribution in [0.2, 0.25) is 0 Å². The standard InChI is InChI=1S/C8H13N5O3/c1-13-3-5(2-11-13)7(10)8(15)12-16-4-6(9)14/h2-3,7H,4,10H2,1H3,(H2,9,14)(H,12,15). The van der Waals surface area contributed by atoms with Gasteiger partial charge in [0.1, 0.15) is 6.04 Å². The first-order chi connectivity index (χ1) is 7.50. The fraction of sp³-hybridized carbons (Fsp3) is 0.375. The van der Waals surface area contributed by atoms with E-state index in [2.05, 4.69) is 9.94 Å². The lowest BCUT2D eigenvalue weighted by atomic mass is 10.2. The third-order valence-corrected chi connectivity index (χ3v) is 1.75. The highest BCUT2D eigenvalue weighted by Gasteiger charge is 2.17. The molecule has 1 atom stereocenters. The average molecular weight is 227 g/mol. The number of carbonyl (C=O) groups is 2. The molecule has 8 nitrogen and oxygen atoms in total. The topological polar surface area (TPSA) is 125 Å². The van der Waals surface area contributed by atoms with Crippen LogP contribution in [0.25, 0.3) is 0 Å². The lowest BCUT2D eigenvalue weighted by Gasteiger charge is -2.09. The molecule has 0 spiro atoms. The van der Waals surface area contributed by atoms with E-state index in [0.717, 1.165) is 0 Å². The first-order valence-electron chi connectivity index (χ1n) is 4.44. The highest BCUT2D eigenvalue weighted by Crippen LogP contribution is 2.07. The monoisotopic (exact) mass is 227 g/mol. The minimum atomic E-state index is -0.901. The number of rotatable bonds is 5. The van der Waals surface area contributed by atoms with Crippen LogP contribution < -0.4 is 16.9 Å². The number of aromatic nitrogens is 2.